The van der Waals surface area contributed by atoms with Crippen LogP contribution in [0.1, 0.15) is 47.8 Å². The molecule has 1 heterocycles. The highest BCUT2D eigenvalue weighted by molar-refractivity contribution is 6.42. The summed E-state index contributed by atoms with van der Waals surface area (Å²) in [5.41, 5.74) is 1.65. The number of H-pyrrole nitrogens is 1. The largest absolute Gasteiger partial charge is 0.491 e. The minimum atomic E-state index is -0.392. The molecule has 0 aliphatic carbocycles. The van der Waals surface area contributed by atoms with Crippen LogP contribution in [0.5, 0.6) is 5.75 Å². The first-order valence-corrected chi connectivity index (χ1v) is 9.50. The average Bonchev–Trinajstić information content (AvgIpc) is 2.63. The molecule has 2 aromatic rings. The average molecular weight is 411 g/mol. The van der Waals surface area contributed by atoms with E-state index in [2.05, 4.69) is 4.98 Å². The Labute approximate surface area is 169 Å². The summed E-state index contributed by atoms with van der Waals surface area (Å²) in [5.74, 6) is -0.107. The van der Waals surface area contributed by atoms with Crippen LogP contribution in [0.4, 0.5) is 0 Å². The van der Waals surface area contributed by atoms with Crippen molar-refractivity contribution < 1.29 is 9.53 Å². The van der Waals surface area contributed by atoms with E-state index in [9.17, 15) is 9.59 Å². The minimum absolute atomic E-state index is 0.0423. The molecule has 0 spiro atoms. The van der Waals surface area contributed by atoms with Crippen molar-refractivity contribution in [3.05, 3.63) is 61.5 Å². The normalized spacial score (nSPS) is 10.9. The summed E-state index contributed by atoms with van der Waals surface area (Å²) < 4.78 is 5.16. The zero-order chi connectivity index (χ0) is 20.1. The maximum atomic E-state index is 12.8. The molecule has 0 aliphatic rings. The van der Waals surface area contributed by atoms with Crippen LogP contribution in [0.15, 0.2) is 29.1 Å². The molecule has 0 aliphatic heterocycles. The summed E-state index contributed by atoms with van der Waals surface area (Å²) >= 11 is 12.0. The summed E-state index contributed by atoms with van der Waals surface area (Å²) in [4.78, 5) is 29.4. The number of halogens is 2. The Balaban J connectivity index is 2.10. The van der Waals surface area contributed by atoms with Crippen molar-refractivity contribution in [2.45, 2.75) is 32.6 Å². The monoisotopic (exact) mass is 410 g/mol. The molecule has 1 amide bonds. The summed E-state index contributed by atoms with van der Waals surface area (Å²) in [7, 11) is 3.10. The summed E-state index contributed by atoms with van der Waals surface area (Å²) in [6.07, 6.45) is 1.51. The number of pyridine rings is 1. The lowest BCUT2D eigenvalue weighted by atomic mass is 10.1. The lowest BCUT2D eigenvalue weighted by Gasteiger charge is -2.19. The van der Waals surface area contributed by atoms with Crippen LogP contribution in [0.2, 0.25) is 10.0 Å². The number of rotatable bonds is 7. The van der Waals surface area contributed by atoms with Crippen molar-refractivity contribution in [2.75, 3.05) is 20.7 Å². The first kappa shape index (κ1) is 21.3. The van der Waals surface area contributed by atoms with Gasteiger partial charge in [-0.1, -0.05) is 43.1 Å². The molecule has 1 N–H and O–H groups in total. The van der Waals surface area contributed by atoms with Gasteiger partial charge in [0.05, 0.1) is 22.7 Å². The molecule has 0 saturated heterocycles. The van der Waals surface area contributed by atoms with Crippen LogP contribution in [-0.2, 0) is 6.42 Å². The Bertz CT molecular complexity index is 878. The number of aromatic amines is 1. The molecule has 0 radical (unpaired) electrons. The number of carbonyl (C=O) groups excluding carboxylic acids is 1. The zero-order valence-corrected chi connectivity index (χ0v) is 17.4. The number of hydrogen-bond donors (Lipinski definition) is 1. The maximum Gasteiger partial charge on any atom is 0.291 e. The third-order valence-corrected chi connectivity index (χ3v) is 5.09. The predicted octanol–water partition coefficient (Wildman–Crippen LogP) is 4.52. The smallest absolute Gasteiger partial charge is 0.291 e. The molecule has 0 unspecified atom stereocenters. The number of hydrogen-bond acceptors (Lipinski definition) is 3. The second-order valence-electron chi connectivity index (χ2n) is 6.73. The maximum absolute atomic E-state index is 12.8. The van der Waals surface area contributed by atoms with Gasteiger partial charge in [0.15, 0.2) is 5.75 Å². The van der Waals surface area contributed by atoms with Gasteiger partial charge in [-0.2, -0.15) is 0 Å². The van der Waals surface area contributed by atoms with Crippen LogP contribution in [-0.4, -0.2) is 36.5 Å². The van der Waals surface area contributed by atoms with Gasteiger partial charge in [0, 0.05) is 19.3 Å². The number of ether oxygens (including phenoxy) is 1. The van der Waals surface area contributed by atoms with E-state index in [1.54, 1.807) is 24.1 Å². The fraction of sp³-hybridized carbons (Fsp3) is 0.400. The Morgan fingerprint density at radius 3 is 2.52 bits per heavy atom. The Hall–Kier alpha value is -1.98. The van der Waals surface area contributed by atoms with Crippen molar-refractivity contribution in [1.29, 1.82) is 0 Å². The van der Waals surface area contributed by atoms with Gasteiger partial charge >= 0.3 is 0 Å². The lowest BCUT2D eigenvalue weighted by molar-refractivity contribution is 0.0789. The van der Waals surface area contributed by atoms with Gasteiger partial charge in [0.2, 0.25) is 0 Å². The van der Waals surface area contributed by atoms with E-state index < -0.39 is 5.56 Å². The molecule has 27 heavy (non-hydrogen) atoms. The third kappa shape index (κ3) is 5.27. The van der Waals surface area contributed by atoms with Crippen molar-refractivity contribution >= 4 is 29.1 Å². The van der Waals surface area contributed by atoms with Crippen LogP contribution in [0, 0.1) is 0 Å². The van der Waals surface area contributed by atoms with E-state index in [1.165, 1.54) is 7.11 Å². The predicted molar refractivity (Wildman–Crippen MR) is 109 cm³/mol. The van der Waals surface area contributed by atoms with E-state index >= 15 is 0 Å². The van der Waals surface area contributed by atoms with E-state index in [-0.39, 0.29) is 23.1 Å². The van der Waals surface area contributed by atoms with E-state index in [1.807, 2.05) is 26.0 Å². The fourth-order valence-corrected chi connectivity index (χ4v) is 3.08. The molecule has 0 bridgehead atoms. The van der Waals surface area contributed by atoms with Crippen LogP contribution in [0.3, 0.4) is 0 Å². The van der Waals surface area contributed by atoms with Crippen molar-refractivity contribution in [2.24, 2.45) is 0 Å². The molecule has 0 fully saturated rings. The Morgan fingerprint density at radius 2 is 1.93 bits per heavy atom. The van der Waals surface area contributed by atoms with E-state index in [0.717, 1.165) is 18.4 Å². The number of nitrogens with zero attached hydrogens (tertiary/aromatic N) is 1. The van der Waals surface area contributed by atoms with Gasteiger partial charge in [0.25, 0.3) is 11.5 Å². The van der Waals surface area contributed by atoms with Gasteiger partial charge in [-0.25, -0.2) is 0 Å². The van der Waals surface area contributed by atoms with E-state index in [0.29, 0.717) is 22.3 Å². The SMILES string of the molecule is COc1c(C(=O)N(C)CCCc2ccc(Cl)c(Cl)c2)cc(C(C)C)[nH]c1=O. The number of amides is 1. The van der Waals surface area contributed by atoms with Gasteiger partial charge in [0.1, 0.15) is 0 Å². The third-order valence-electron chi connectivity index (χ3n) is 4.35. The minimum Gasteiger partial charge on any atom is -0.491 e. The summed E-state index contributed by atoms with van der Waals surface area (Å²) in [6, 6.07) is 7.22. The standard InChI is InChI=1S/C20H24Cl2N2O3/c1-12(2)17-11-14(18(27-4)19(25)23-17)20(26)24(3)9-5-6-13-7-8-15(21)16(22)10-13/h7-8,10-12H,5-6,9H2,1-4H3,(H,23,25). The summed E-state index contributed by atoms with van der Waals surface area (Å²) in [5, 5.41) is 1.04. The first-order chi connectivity index (χ1) is 12.7. The molecule has 0 atom stereocenters. The topological polar surface area (TPSA) is 62.4 Å². The van der Waals surface area contributed by atoms with Crippen LogP contribution >= 0.6 is 23.2 Å². The van der Waals surface area contributed by atoms with Crippen LogP contribution < -0.4 is 10.3 Å². The van der Waals surface area contributed by atoms with E-state index in [4.69, 9.17) is 27.9 Å². The molecular weight excluding hydrogens is 387 g/mol. The van der Waals surface area contributed by atoms with Gasteiger partial charge in [-0.15, -0.1) is 0 Å². The highest BCUT2D eigenvalue weighted by atomic mass is 35.5. The molecular formula is C20H24Cl2N2O3. The van der Waals surface area contributed by atoms with Crippen molar-refractivity contribution in [3.8, 4) is 5.75 Å². The zero-order valence-electron chi connectivity index (χ0n) is 15.9. The van der Waals surface area contributed by atoms with Gasteiger partial charge in [-0.05, 0) is 42.5 Å². The van der Waals surface area contributed by atoms with Crippen molar-refractivity contribution in [1.82, 2.24) is 9.88 Å². The number of methoxy groups -OCH3 is 1. The number of aryl methyl sites for hydroxylation is 1. The highest BCUT2D eigenvalue weighted by Gasteiger charge is 2.21. The first-order valence-electron chi connectivity index (χ1n) is 8.75. The number of nitrogens with one attached hydrogen (secondary N) is 1. The fourth-order valence-electron chi connectivity index (χ4n) is 2.76. The highest BCUT2D eigenvalue weighted by Crippen LogP contribution is 2.23. The Morgan fingerprint density at radius 1 is 1.22 bits per heavy atom. The molecule has 146 valence electrons. The molecule has 7 heteroatoms. The molecule has 0 saturated carbocycles. The number of aromatic nitrogens is 1. The molecule has 2 rings (SSSR count). The summed E-state index contributed by atoms with van der Waals surface area (Å²) in [6.45, 7) is 4.44. The Kier molecular flexibility index (Phi) is 7.33. The van der Waals surface area contributed by atoms with Gasteiger partial charge in [-0.3, -0.25) is 9.59 Å². The number of benzene rings is 1. The van der Waals surface area contributed by atoms with Crippen LogP contribution in [0.25, 0.3) is 0 Å². The van der Waals surface area contributed by atoms with Crippen molar-refractivity contribution in [3.63, 3.8) is 0 Å². The molecule has 5 nitrogen and oxygen atoms in total. The molecule has 1 aromatic heterocycles. The number of carbonyl (C=O) groups is 1. The van der Waals surface area contributed by atoms with Gasteiger partial charge < -0.3 is 14.6 Å². The lowest BCUT2D eigenvalue weighted by Crippen LogP contribution is -2.30. The second-order valence-corrected chi connectivity index (χ2v) is 7.55. The second kappa shape index (κ2) is 9.29. The quantitative estimate of drug-likeness (QED) is 0.729. The molecule has 1 aromatic carbocycles.